The number of hydrogen-bond donors (Lipinski definition) is 1. The second-order valence-electron chi connectivity index (χ2n) is 4.98. The minimum absolute atomic E-state index is 0.302. The first kappa shape index (κ1) is 11.9. The standard InChI is InChI=1S/C12H23N3O/c1-14(11-4-2-3-5-11)10-12(16)15-8-6-13-7-9-15/h11,13H,2-10H2,1H3. The van der Waals surface area contributed by atoms with E-state index in [2.05, 4.69) is 17.3 Å². The van der Waals surface area contributed by atoms with Gasteiger partial charge in [0, 0.05) is 32.2 Å². The number of carbonyl (C=O) groups is 1. The van der Waals surface area contributed by atoms with Crippen LogP contribution in [-0.2, 0) is 4.79 Å². The Hall–Kier alpha value is -0.610. The zero-order chi connectivity index (χ0) is 11.4. The summed E-state index contributed by atoms with van der Waals surface area (Å²) in [5.41, 5.74) is 0. The van der Waals surface area contributed by atoms with Crippen LogP contribution in [0.2, 0.25) is 0 Å². The van der Waals surface area contributed by atoms with Crippen LogP contribution in [0, 0.1) is 0 Å². The van der Waals surface area contributed by atoms with E-state index in [1.807, 2.05) is 4.90 Å². The van der Waals surface area contributed by atoms with Crippen molar-refractivity contribution in [2.45, 2.75) is 31.7 Å². The van der Waals surface area contributed by atoms with Crippen molar-refractivity contribution in [2.24, 2.45) is 0 Å². The van der Waals surface area contributed by atoms with Crippen LogP contribution in [-0.4, -0.2) is 61.5 Å². The van der Waals surface area contributed by atoms with Gasteiger partial charge in [0.15, 0.2) is 0 Å². The van der Waals surface area contributed by atoms with Gasteiger partial charge in [-0.15, -0.1) is 0 Å². The Morgan fingerprint density at radius 3 is 2.56 bits per heavy atom. The maximum Gasteiger partial charge on any atom is 0.236 e. The Morgan fingerprint density at radius 1 is 1.31 bits per heavy atom. The average Bonchev–Trinajstić information content (AvgIpc) is 2.83. The maximum absolute atomic E-state index is 12.0. The van der Waals surface area contributed by atoms with Gasteiger partial charge in [0.1, 0.15) is 0 Å². The van der Waals surface area contributed by atoms with Gasteiger partial charge >= 0.3 is 0 Å². The molecule has 0 unspecified atom stereocenters. The summed E-state index contributed by atoms with van der Waals surface area (Å²) in [5.74, 6) is 0.302. The summed E-state index contributed by atoms with van der Waals surface area (Å²) < 4.78 is 0. The molecule has 0 radical (unpaired) electrons. The molecular formula is C12H23N3O. The van der Waals surface area contributed by atoms with Crippen LogP contribution in [0.25, 0.3) is 0 Å². The summed E-state index contributed by atoms with van der Waals surface area (Å²) in [7, 11) is 2.09. The highest BCUT2D eigenvalue weighted by molar-refractivity contribution is 5.78. The zero-order valence-corrected chi connectivity index (χ0v) is 10.2. The van der Waals surface area contributed by atoms with Crippen molar-refractivity contribution in [2.75, 3.05) is 39.8 Å². The van der Waals surface area contributed by atoms with Gasteiger partial charge in [-0.05, 0) is 19.9 Å². The highest BCUT2D eigenvalue weighted by atomic mass is 16.2. The van der Waals surface area contributed by atoms with Gasteiger partial charge in [-0.2, -0.15) is 0 Å². The van der Waals surface area contributed by atoms with Gasteiger partial charge in [0.2, 0.25) is 5.91 Å². The molecule has 4 nitrogen and oxygen atoms in total. The van der Waals surface area contributed by atoms with Gasteiger partial charge in [-0.25, -0.2) is 0 Å². The number of amides is 1. The van der Waals surface area contributed by atoms with E-state index in [-0.39, 0.29) is 0 Å². The molecule has 92 valence electrons. The monoisotopic (exact) mass is 225 g/mol. The minimum atomic E-state index is 0.302. The molecule has 0 aromatic carbocycles. The molecule has 0 aromatic rings. The fourth-order valence-corrected chi connectivity index (χ4v) is 2.70. The van der Waals surface area contributed by atoms with E-state index in [0.29, 0.717) is 18.5 Å². The van der Waals surface area contributed by atoms with E-state index >= 15 is 0 Å². The Morgan fingerprint density at radius 2 is 1.94 bits per heavy atom. The number of rotatable bonds is 3. The summed E-state index contributed by atoms with van der Waals surface area (Å²) in [6, 6.07) is 0.645. The molecule has 2 rings (SSSR count). The number of hydrogen-bond acceptors (Lipinski definition) is 3. The van der Waals surface area contributed by atoms with Gasteiger partial charge in [-0.3, -0.25) is 9.69 Å². The molecule has 1 aliphatic carbocycles. The van der Waals surface area contributed by atoms with Crippen molar-refractivity contribution in [1.82, 2.24) is 15.1 Å². The van der Waals surface area contributed by atoms with Crippen LogP contribution in [0.4, 0.5) is 0 Å². The van der Waals surface area contributed by atoms with Crippen LogP contribution in [0.1, 0.15) is 25.7 Å². The van der Waals surface area contributed by atoms with E-state index in [0.717, 1.165) is 26.2 Å². The van der Waals surface area contributed by atoms with Gasteiger partial charge in [0.05, 0.1) is 6.54 Å². The van der Waals surface area contributed by atoms with Gasteiger partial charge in [-0.1, -0.05) is 12.8 Å². The number of likely N-dealkylation sites (N-methyl/N-ethyl adjacent to an activating group) is 1. The van der Waals surface area contributed by atoms with Crippen molar-refractivity contribution in [3.8, 4) is 0 Å². The summed E-state index contributed by atoms with van der Waals surface area (Å²) in [6.07, 6.45) is 5.20. The highest BCUT2D eigenvalue weighted by Gasteiger charge is 2.23. The molecule has 0 atom stereocenters. The fraction of sp³-hybridized carbons (Fsp3) is 0.917. The van der Waals surface area contributed by atoms with Crippen molar-refractivity contribution < 1.29 is 4.79 Å². The van der Waals surface area contributed by atoms with E-state index < -0.39 is 0 Å². The normalized spacial score (nSPS) is 23.0. The topological polar surface area (TPSA) is 35.6 Å². The molecule has 2 fully saturated rings. The molecule has 2 aliphatic rings. The Bertz CT molecular complexity index is 232. The third kappa shape index (κ3) is 2.95. The molecule has 0 spiro atoms. The molecule has 1 heterocycles. The third-order valence-corrected chi connectivity index (χ3v) is 3.80. The summed E-state index contributed by atoms with van der Waals surface area (Å²) in [5, 5.41) is 3.27. The second-order valence-corrected chi connectivity index (χ2v) is 4.98. The van der Waals surface area contributed by atoms with Crippen molar-refractivity contribution in [3.63, 3.8) is 0 Å². The van der Waals surface area contributed by atoms with Crippen LogP contribution < -0.4 is 5.32 Å². The third-order valence-electron chi connectivity index (χ3n) is 3.80. The van der Waals surface area contributed by atoms with Crippen molar-refractivity contribution >= 4 is 5.91 Å². The van der Waals surface area contributed by atoms with Crippen LogP contribution in [0.15, 0.2) is 0 Å². The van der Waals surface area contributed by atoms with Gasteiger partial charge in [0.25, 0.3) is 0 Å². The summed E-state index contributed by atoms with van der Waals surface area (Å²) in [4.78, 5) is 16.3. The lowest BCUT2D eigenvalue weighted by atomic mass is 10.2. The van der Waals surface area contributed by atoms with Crippen LogP contribution >= 0.6 is 0 Å². The summed E-state index contributed by atoms with van der Waals surface area (Å²) in [6.45, 7) is 4.23. The molecule has 0 bridgehead atoms. The second kappa shape index (κ2) is 5.64. The number of piperazine rings is 1. The average molecular weight is 225 g/mol. The first-order valence-corrected chi connectivity index (χ1v) is 6.46. The highest BCUT2D eigenvalue weighted by Crippen LogP contribution is 2.22. The first-order chi connectivity index (χ1) is 7.77. The van der Waals surface area contributed by atoms with E-state index in [1.165, 1.54) is 25.7 Å². The molecular weight excluding hydrogens is 202 g/mol. The number of carbonyl (C=O) groups excluding carboxylic acids is 1. The van der Waals surface area contributed by atoms with E-state index in [9.17, 15) is 4.79 Å². The lowest BCUT2D eigenvalue weighted by Gasteiger charge is -2.31. The Kier molecular flexibility index (Phi) is 4.18. The largest absolute Gasteiger partial charge is 0.339 e. The fourth-order valence-electron chi connectivity index (χ4n) is 2.70. The van der Waals surface area contributed by atoms with Crippen molar-refractivity contribution in [1.29, 1.82) is 0 Å². The number of nitrogens with zero attached hydrogens (tertiary/aromatic N) is 2. The minimum Gasteiger partial charge on any atom is -0.339 e. The molecule has 1 N–H and O–H groups in total. The molecule has 4 heteroatoms. The molecule has 0 aromatic heterocycles. The van der Waals surface area contributed by atoms with Crippen LogP contribution in [0.3, 0.4) is 0 Å². The molecule has 1 saturated carbocycles. The summed E-state index contributed by atoms with van der Waals surface area (Å²) >= 11 is 0. The zero-order valence-electron chi connectivity index (χ0n) is 10.2. The Labute approximate surface area is 98.0 Å². The first-order valence-electron chi connectivity index (χ1n) is 6.46. The number of nitrogens with one attached hydrogen (secondary N) is 1. The smallest absolute Gasteiger partial charge is 0.236 e. The molecule has 16 heavy (non-hydrogen) atoms. The predicted octanol–water partition coefficient (Wildman–Crippen LogP) is 0.293. The van der Waals surface area contributed by atoms with E-state index in [4.69, 9.17) is 0 Å². The predicted molar refractivity (Wildman–Crippen MR) is 64.3 cm³/mol. The van der Waals surface area contributed by atoms with Crippen molar-refractivity contribution in [3.05, 3.63) is 0 Å². The van der Waals surface area contributed by atoms with E-state index in [1.54, 1.807) is 0 Å². The lowest BCUT2D eigenvalue weighted by Crippen LogP contribution is -2.50. The quantitative estimate of drug-likeness (QED) is 0.750. The SMILES string of the molecule is CN(CC(=O)N1CCNCC1)C1CCCC1. The molecule has 1 aliphatic heterocycles. The lowest BCUT2D eigenvalue weighted by molar-refractivity contribution is -0.133. The van der Waals surface area contributed by atoms with Gasteiger partial charge < -0.3 is 10.2 Å². The molecule has 1 amide bonds. The molecule has 1 saturated heterocycles. The van der Waals surface area contributed by atoms with Crippen LogP contribution in [0.5, 0.6) is 0 Å². The Balaban J connectivity index is 1.76. The maximum atomic E-state index is 12.0.